The first-order chi connectivity index (χ1) is 7.55. The van der Waals surface area contributed by atoms with Gasteiger partial charge < -0.3 is 9.87 Å². The maximum Gasteiger partial charge on any atom is 0.0378 e. The zero-order chi connectivity index (χ0) is 12.2. The quantitative estimate of drug-likeness (QED) is 0.748. The van der Waals surface area contributed by atoms with E-state index in [-0.39, 0.29) is 5.41 Å². The molecule has 0 radical (unpaired) electrons. The van der Waals surface area contributed by atoms with Crippen molar-refractivity contribution >= 4 is 17.7 Å². The van der Waals surface area contributed by atoms with Crippen LogP contribution in [0.5, 0.6) is 0 Å². The Morgan fingerprint density at radius 1 is 1.31 bits per heavy atom. The zero-order valence-electron chi connectivity index (χ0n) is 10.5. The molecule has 0 saturated heterocycles. The Morgan fingerprint density at radius 2 is 2.00 bits per heavy atom. The maximum absolute atomic E-state index is 9.12. The zero-order valence-corrected chi connectivity index (χ0v) is 11.3. The van der Waals surface area contributed by atoms with Gasteiger partial charge in [0.15, 0.2) is 0 Å². The average molecular weight is 239 g/mol. The Balaban J connectivity index is 3.19. The number of rotatable bonds is 5. The number of hydrogen-bond donors (Lipinski definition) is 2. The van der Waals surface area contributed by atoms with E-state index >= 15 is 0 Å². The van der Waals surface area contributed by atoms with Crippen LogP contribution >= 0.6 is 12.0 Å². The second kappa shape index (κ2) is 5.60. The molecule has 0 spiro atoms. The van der Waals surface area contributed by atoms with Crippen LogP contribution in [-0.2, 0) is 5.41 Å². The minimum Gasteiger partial charge on any atom is -0.385 e. The molecule has 0 atom stereocenters. The molecule has 3 heteroatoms. The summed E-state index contributed by atoms with van der Waals surface area (Å²) in [6.45, 7) is 9.66. The minimum absolute atomic E-state index is 0.128. The van der Waals surface area contributed by atoms with Crippen molar-refractivity contribution in [2.24, 2.45) is 0 Å². The highest BCUT2D eigenvalue weighted by Gasteiger charge is 2.21. The average Bonchev–Trinajstić information content (AvgIpc) is 2.30. The molecule has 1 rings (SSSR count). The van der Waals surface area contributed by atoms with Crippen LogP contribution in [0.3, 0.4) is 0 Å². The molecule has 0 saturated carbocycles. The van der Waals surface area contributed by atoms with Crippen LogP contribution in [0.15, 0.2) is 23.1 Å². The number of nitrogens with one attached hydrogen (secondary N) is 1. The molecule has 0 amide bonds. The highest BCUT2D eigenvalue weighted by molar-refractivity contribution is 7.93. The Bertz CT molecular complexity index is 350. The Labute approximate surface area is 103 Å². The van der Waals surface area contributed by atoms with Crippen molar-refractivity contribution in [3.05, 3.63) is 23.8 Å². The van der Waals surface area contributed by atoms with Gasteiger partial charge in [-0.05, 0) is 42.5 Å². The molecule has 1 aromatic carbocycles. The van der Waals surface area contributed by atoms with Crippen molar-refractivity contribution in [3.8, 4) is 0 Å². The first-order valence-electron chi connectivity index (χ1n) is 5.75. The molecule has 0 aromatic heterocycles. The molecule has 0 heterocycles. The molecule has 0 aliphatic heterocycles. The second-order valence-corrected chi connectivity index (χ2v) is 5.22. The normalized spacial score (nSPS) is 11.6. The Hall–Kier alpha value is -0.670. The molecule has 1 aromatic rings. The van der Waals surface area contributed by atoms with E-state index < -0.39 is 0 Å². The van der Waals surface area contributed by atoms with E-state index in [9.17, 15) is 0 Å². The first-order valence-corrected chi connectivity index (χ1v) is 6.52. The molecule has 0 bridgehead atoms. The van der Waals surface area contributed by atoms with Gasteiger partial charge in [-0.1, -0.05) is 20.8 Å². The summed E-state index contributed by atoms with van der Waals surface area (Å²) in [6, 6.07) is 6.07. The SMILES string of the molecule is CCNc1ccc(SO)cc1C(C)(C)CC. The third-order valence-electron chi connectivity index (χ3n) is 3.08. The Kier molecular flexibility index (Phi) is 4.69. The van der Waals surface area contributed by atoms with Crippen molar-refractivity contribution in [2.75, 3.05) is 11.9 Å². The largest absolute Gasteiger partial charge is 0.385 e. The summed E-state index contributed by atoms with van der Waals surface area (Å²) >= 11 is 0.809. The standard InChI is InChI=1S/C13H21NOS/c1-5-13(3,4)11-9-10(16-15)7-8-12(11)14-6-2/h7-9,14-15H,5-6H2,1-4H3. The van der Waals surface area contributed by atoms with Gasteiger partial charge in [-0.15, -0.1) is 0 Å². The summed E-state index contributed by atoms with van der Waals surface area (Å²) in [6.07, 6.45) is 1.07. The third kappa shape index (κ3) is 2.92. The lowest BCUT2D eigenvalue weighted by Crippen LogP contribution is -2.18. The molecule has 0 fully saturated rings. The van der Waals surface area contributed by atoms with E-state index in [4.69, 9.17) is 4.55 Å². The molecule has 2 nitrogen and oxygen atoms in total. The summed E-state index contributed by atoms with van der Waals surface area (Å²) in [7, 11) is 0. The van der Waals surface area contributed by atoms with Crippen molar-refractivity contribution in [2.45, 2.75) is 44.4 Å². The van der Waals surface area contributed by atoms with Crippen LogP contribution in [0, 0.1) is 0 Å². The van der Waals surface area contributed by atoms with Gasteiger partial charge in [0.2, 0.25) is 0 Å². The highest BCUT2D eigenvalue weighted by Crippen LogP contribution is 2.35. The highest BCUT2D eigenvalue weighted by atomic mass is 32.2. The summed E-state index contributed by atoms with van der Waals surface area (Å²) in [5.74, 6) is 0. The lowest BCUT2D eigenvalue weighted by molar-refractivity contribution is 0.506. The molecular weight excluding hydrogens is 218 g/mol. The van der Waals surface area contributed by atoms with Crippen LogP contribution in [-0.4, -0.2) is 11.1 Å². The van der Waals surface area contributed by atoms with Gasteiger partial charge in [0, 0.05) is 29.2 Å². The minimum atomic E-state index is 0.128. The fraction of sp³-hybridized carbons (Fsp3) is 0.538. The smallest absolute Gasteiger partial charge is 0.0378 e. The Morgan fingerprint density at radius 3 is 2.50 bits per heavy atom. The van der Waals surface area contributed by atoms with E-state index in [0.717, 1.165) is 29.9 Å². The van der Waals surface area contributed by atoms with Crippen LogP contribution in [0.1, 0.15) is 39.7 Å². The molecule has 16 heavy (non-hydrogen) atoms. The predicted molar refractivity (Wildman–Crippen MR) is 72.4 cm³/mol. The molecule has 90 valence electrons. The van der Waals surface area contributed by atoms with Gasteiger partial charge in [-0.25, -0.2) is 0 Å². The van der Waals surface area contributed by atoms with Crippen LogP contribution in [0.2, 0.25) is 0 Å². The van der Waals surface area contributed by atoms with Gasteiger partial charge in [-0.3, -0.25) is 0 Å². The lowest BCUT2D eigenvalue weighted by Gasteiger charge is -2.27. The number of benzene rings is 1. The van der Waals surface area contributed by atoms with Gasteiger partial charge in [-0.2, -0.15) is 0 Å². The molecule has 0 unspecified atom stereocenters. The third-order valence-corrected chi connectivity index (χ3v) is 3.54. The van der Waals surface area contributed by atoms with Crippen molar-refractivity contribution in [1.29, 1.82) is 0 Å². The summed E-state index contributed by atoms with van der Waals surface area (Å²) in [5, 5.41) is 3.38. The molecule has 0 aliphatic rings. The van der Waals surface area contributed by atoms with E-state index in [1.807, 2.05) is 6.07 Å². The van der Waals surface area contributed by atoms with Gasteiger partial charge in [0.05, 0.1) is 0 Å². The van der Waals surface area contributed by atoms with Crippen LogP contribution in [0.4, 0.5) is 5.69 Å². The fourth-order valence-corrected chi connectivity index (χ4v) is 1.97. The van der Waals surface area contributed by atoms with Crippen LogP contribution in [0.25, 0.3) is 0 Å². The van der Waals surface area contributed by atoms with E-state index in [1.165, 1.54) is 11.3 Å². The van der Waals surface area contributed by atoms with Crippen molar-refractivity contribution in [1.82, 2.24) is 0 Å². The van der Waals surface area contributed by atoms with Gasteiger partial charge in [0.25, 0.3) is 0 Å². The lowest BCUT2D eigenvalue weighted by atomic mass is 9.81. The van der Waals surface area contributed by atoms with E-state index in [2.05, 4.69) is 45.1 Å². The molecule has 2 N–H and O–H groups in total. The topological polar surface area (TPSA) is 32.3 Å². The number of hydrogen-bond acceptors (Lipinski definition) is 3. The monoisotopic (exact) mass is 239 g/mol. The second-order valence-electron chi connectivity index (χ2n) is 4.57. The van der Waals surface area contributed by atoms with Gasteiger partial charge >= 0.3 is 0 Å². The van der Waals surface area contributed by atoms with E-state index in [0.29, 0.717) is 0 Å². The van der Waals surface area contributed by atoms with Gasteiger partial charge in [0.1, 0.15) is 0 Å². The molecule has 0 aliphatic carbocycles. The first kappa shape index (κ1) is 13.4. The van der Waals surface area contributed by atoms with E-state index in [1.54, 1.807) is 0 Å². The van der Waals surface area contributed by atoms with Crippen molar-refractivity contribution in [3.63, 3.8) is 0 Å². The summed E-state index contributed by atoms with van der Waals surface area (Å²) in [5.41, 5.74) is 2.58. The molecular formula is C13H21NOS. The fourth-order valence-electron chi connectivity index (χ4n) is 1.68. The van der Waals surface area contributed by atoms with Crippen molar-refractivity contribution < 1.29 is 4.55 Å². The predicted octanol–water partition coefficient (Wildman–Crippen LogP) is 4.37. The van der Waals surface area contributed by atoms with Crippen LogP contribution < -0.4 is 5.32 Å². The number of anilines is 1. The maximum atomic E-state index is 9.12. The summed E-state index contributed by atoms with van der Waals surface area (Å²) in [4.78, 5) is 0.901. The summed E-state index contributed by atoms with van der Waals surface area (Å²) < 4.78 is 9.12.